The van der Waals surface area contributed by atoms with Gasteiger partial charge in [0.2, 0.25) is 11.8 Å². The van der Waals surface area contributed by atoms with Crippen LogP contribution in [0, 0.1) is 0 Å². The fourth-order valence-corrected chi connectivity index (χ4v) is 2.77. The summed E-state index contributed by atoms with van der Waals surface area (Å²) < 4.78 is 5.61. The van der Waals surface area contributed by atoms with E-state index in [-0.39, 0.29) is 24.4 Å². The topological polar surface area (TPSA) is 75.9 Å². The lowest BCUT2D eigenvalue weighted by atomic mass is 10.2. The molecular weight excluding hydrogens is 294 g/mol. The number of ether oxygens (including phenoxy) is 1. The summed E-state index contributed by atoms with van der Waals surface area (Å²) in [7, 11) is 1.78. The molecule has 0 spiro atoms. The van der Waals surface area contributed by atoms with Crippen molar-refractivity contribution < 1.29 is 14.3 Å². The Kier molecular flexibility index (Phi) is 6.40. The van der Waals surface area contributed by atoms with Crippen molar-refractivity contribution in [3.8, 4) is 5.75 Å². The lowest BCUT2D eigenvalue weighted by molar-refractivity contribution is -0.132. The van der Waals surface area contributed by atoms with E-state index in [4.69, 9.17) is 10.5 Å². The number of carbonyl (C=O) groups excluding carboxylic acids is 2. The van der Waals surface area contributed by atoms with E-state index in [0.29, 0.717) is 13.2 Å². The average molecular weight is 319 g/mol. The Hall–Kier alpha value is -2.08. The lowest BCUT2D eigenvalue weighted by Gasteiger charge is -2.24. The lowest BCUT2D eigenvalue weighted by Crippen LogP contribution is -2.45. The highest BCUT2D eigenvalue weighted by Gasteiger charge is 2.30. The first-order valence-corrected chi connectivity index (χ1v) is 8.03. The minimum Gasteiger partial charge on any atom is -0.494 e. The molecule has 1 saturated heterocycles. The molecule has 0 saturated carbocycles. The van der Waals surface area contributed by atoms with Gasteiger partial charge in [-0.25, -0.2) is 0 Å². The normalized spacial score (nSPS) is 17.9. The van der Waals surface area contributed by atoms with Crippen molar-refractivity contribution in [3.63, 3.8) is 0 Å². The van der Waals surface area contributed by atoms with E-state index in [2.05, 4.69) is 0 Å². The van der Waals surface area contributed by atoms with Gasteiger partial charge in [-0.2, -0.15) is 0 Å². The first kappa shape index (κ1) is 17.3. The summed E-state index contributed by atoms with van der Waals surface area (Å²) in [6, 6.07) is 9.32. The van der Waals surface area contributed by atoms with Gasteiger partial charge in [-0.05, 0) is 37.9 Å². The maximum Gasteiger partial charge on any atom is 0.236 e. The van der Waals surface area contributed by atoms with E-state index in [0.717, 1.165) is 31.6 Å². The number of likely N-dealkylation sites (tertiary alicyclic amines) is 1. The van der Waals surface area contributed by atoms with Crippen molar-refractivity contribution in [2.45, 2.75) is 25.3 Å². The maximum atomic E-state index is 12.2. The number of amides is 2. The van der Waals surface area contributed by atoms with Crippen LogP contribution in [-0.2, 0) is 9.59 Å². The fourth-order valence-electron chi connectivity index (χ4n) is 2.77. The number of nitrogens with two attached hydrogens (primary N) is 1. The molecule has 1 atom stereocenters. The number of para-hydroxylation sites is 1. The zero-order valence-electron chi connectivity index (χ0n) is 13.6. The Bertz CT molecular complexity index is 521. The van der Waals surface area contributed by atoms with Crippen LogP contribution in [0.15, 0.2) is 30.3 Å². The van der Waals surface area contributed by atoms with Crippen molar-refractivity contribution in [2.24, 2.45) is 5.73 Å². The van der Waals surface area contributed by atoms with Gasteiger partial charge in [-0.3, -0.25) is 14.5 Å². The van der Waals surface area contributed by atoms with Crippen LogP contribution in [0.25, 0.3) is 0 Å². The van der Waals surface area contributed by atoms with Crippen LogP contribution in [0.3, 0.4) is 0 Å². The summed E-state index contributed by atoms with van der Waals surface area (Å²) in [4.78, 5) is 27.1. The molecule has 23 heavy (non-hydrogen) atoms. The van der Waals surface area contributed by atoms with Crippen LogP contribution in [0.5, 0.6) is 5.75 Å². The van der Waals surface area contributed by atoms with Gasteiger partial charge in [0.15, 0.2) is 0 Å². The highest BCUT2D eigenvalue weighted by molar-refractivity contribution is 5.82. The number of hydrogen-bond donors (Lipinski definition) is 1. The Morgan fingerprint density at radius 3 is 2.78 bits per heavy atom. The molecule has 6 heteroatoms. The summed E-state index contributed by atoms with van der Waals surface area (Å²) in [5.41, 5.74) is 5.37. The van der Waals surface area contributed by atoms with E-state index >= 15 is 0 Å². The molecule has 126 valence electrons. The fraction of sp³-hybridized carbons (Fsp3) is 0.529. The van der Waals surface area contributed by atoms with E-state index in [1.165, 1.54) is 0 Å². The Morgan fingerprint density at radius 2 is 2.09 bits per heavy atom. The third-order valence-corrected chi connectivity index (χ3v) is 4.11. The van der Waals surface area contributed by atoms with E-state index < -0.39 is 0 Å². The highest BCUT2D eigenvalue weighted by atomic mass is 16.5. The van der Waals surface area contributed by atoms with Crippen LogP contribution in [0.1, 0.15) is 19.3 Å². The number of carbonyl (C=O) groups is 2. The van der Waals surface area contributed by atoms with Crippen molar-refractivity contribution in [1.82, 2.24) is 9.80 Å². The first-order chi connectivity index (χ1) is 11.1. The Balaban J connectivity index is 1.67. The second kappa shape index (κ2) is 8.53. The number of primary amides is 1. The molecule has 6 nitrogen and oxygen atoms in total. The number of likely N-dealkylation sites (N-methyl/N-ethyl adjacent to an activating group) is 1. The molecule has 0 radical (unpaired) electrons. The summed E-state index contributed by atoms with van der Waals surface area (Å²) >= 11 is 0. The molecular formula is C17H25N3O3. The van der Waals surface area contributed by atoms with E-state index in [1.54, 1.807) is 11.9 Å². The predicted molar refractivity (Wildman–Crippen MR) is 88.0 cm³/mol. The summed E-state index contributed by atoms with van der Waals surface area (Å²) in [6.45, 7) is 2.20. The van der Waals surface area contributed by atoms with Crippen LogP contribution >= 0.6 is 0 Å². The Morgan fingerprint density at radius 1 is 1.35 bits per heavy atom. The van der Waals surface area contributed by atoms with Crippen molar-refractivity contribution in [3.05, 3.63) is 30.3 Å². The zero-order chi connectivity index (χ0) is 16.7. The molecule has 1 aromatic rings. The molecule has 1 unspecified atom stereocenters. The molecule has 2 N–H and O–H groups in total. The van der Waals surface area contributed by atoms with Crippen molar-refractivity contribution >= 4 is 11.8 Å². The monoisotopic (exact) mass is 319 g/mol. The van der Waals surface area contributed by atoms with Gasteiger partial charge in [0.25, 0.3) is 0 Å². The van der Waals surface area contributed by atoms with Crippen molar-refractivity contribution in [1.29, 1.82) is 0 Å². The van der Waals surface area contributed by atoms with Gasteiger partial charge >= 0.3 is 0 Å². The van der Waals surface area contributed by atoms with Gasteiger partial charge in [-0.15, -0.1) is 0 Å². The molecule has 1 fully saturated rings. The van der Waals surface area contributed by atoms with Gasteiger partial charge in [0.1, 0.15) is 5.75 Å². The number of rotatable bonds is 8. The number of nitrogens with zero attached hydrogens (tertiary/aromatic N) is 2. The third-order valence-electron chi connectivity index (χ3n) is 4.11. The second-order valence-corrected chi connectivity index (χ2v) is 5.86. The minimum absolute atomic E-state index is 0.0119. The molecule has 2 rings (SSSR count). The first-order valence-electron chi connectivity index (χ1n) is 8.03. The molecule has 2 amide bonds. The molecule has 1 heterocycles. The van der Waals surface area contributed by atoms with Crippen LogP contribution in [-0.4, -0.2) is 60.9 Å². The largest absolute Gasteiger partial charge is 0.494 e. The molecule has 1 aliphatic rings. The number of hydrogen-bond acceptors (Lipinski definition) is 4. The van der Waals surface area contributed by atoms with Gasteiger partial charge in [0, 0.05) is 13.6 Å². The zero-order valence-corrected chi connectivity index (χ0v) is 13.6. The molecule has 1 aliphatic heterocycles. The standard InChI is InChI=1S/C17H25N3O3/c1-19(10-6-12-23-14-7-3-2-4-8-14)16(21)13-20-11-5-9-15(20)17(18)22/h2-4,7-8,15H,5-6,9-13H2,1H3,(H2,18,22). The minimum atomic E-state index is -0.339. The van der Waals surface area contributed by atoms with Gasteiger partial charge in [0.05, 0.1) is 19.2 Å². The summed E-state index contributed by atoms with van der Waals surface area (Å²) in [5.74, 6) is 0.509. The van der Waals surface area contributed by atoms with E-state index in [9.17, 15) is 9.59 Å². The van der Waals surface area contributed by atoms with Gasteiger partial charge in [-0.1, -0.05) is 18.2 Å². The van der Waals surface area contributed by atoms with Crippen molar-refractivity contribution in [2.75, 3.05) is 33.3 Å². The molecule has 0 aliphatic carbocycles. The third kappa shape index (κ3) is 5.25. The molecule has 0 bridgehead atoms. The highest BCUT2D eigenvalue weighted by Crippen LogP contribution is 2.16. The number of benzene rings is 1. The van der Waals surface area contributed by atoms with Gasteiger partial charge < -0.3 is 15.4 Å². The average Bonchev–Trinajstić information content (AvgIpc) is 3.00. The van der Waals surface area contributed by atoms with Crippen LogP contribution < -0.4 is 10.5 Å². The SMILES string of the molecule is CN(CCCOc1ccccc1)C(=O)CN1CCCC1C(N)=O. The summed E-state index contributed by atoms with van der Waals surface area (Å²) in [6.07, 6.45) is 2.42. The molecule has 0 aromatic heterocycles. The Labute approximate surface area is 137 Å². The quantitative estimate of drug-likeness (QED) is 0.721. The van der Waals surface area contributed by atoms with Crippen LogP contribution in [0.4, 0.5) is 0 Å². The predicted octanol–water partition coefficient (Wildman–Crippen LogP) is 0.864. The van der Waals surface area contributed by atoms with E-state index in [1.807, 2.05) is 35.2 Å². The smallest absolute Gasteiger partial charge is 0.236 e. The van der Waals surface area contributed by atoms with Crippen LogP contribution in [0.2, 0.25) is 0 Å². The second-order valence-electron chi connectivity index (χ2n) is 5.86. The maximum absolute atomic E-state index is 12.2. The molecule has 1 aromatic carbocycles. The summed E-state index contributed by atoms with van der Waals surface area (Å²) in [5, 5.41) is 0.